The summed E-state index contributed by atoms with van der Waals surface area (Å²) in [7, 11) is 2.14. The first-order chi connectivity index (χ1) is 9.81. The van der Waals surface area contributed by atoms with Crippen LogP contribution in [-0.4, -0.2) is 23.5 Å². The molecule has 3 nitrogen and oxygen atoms in total. The Hall–Kier alpha value is -2.13. The molecule has 0 spiro atoms. The Bertz CT molecular complexity index is 729. The quantitative estimate of drug-likeness (QED) is 0.674. The van der Waals surface area contributed by atoms with Crippen molar-refractivity contribution in [2.24, 2.45) is 0 Å². The van der Waals surface area contributed by atoms with Crippen molar-refractivity contribution in [3.63, 3.8) is 0 Å². The molecule has 1 unspecified atom stereocenters. The Morgan fingerprint density at radius 2 is 1.90 bits per heavy atom. The molecular formula is C17H16N2O. The first kappa shape index (κ1) is 11.7. The molecule has 0 aliphatic carbocycles. The average Bonchev–Trinajstić information content (AvgIpc) is 2.90. The summed E-state index contributed by atoms with van der Waals surface area (Å²) in [5, 5.41) is 0. The highest BCUT2D eigenvalue weighted by molar-refractivity contribution is 5.72. The van der Waals surface area contributed by atoms with Crippen molar-refractivity contribution in [1.29, 1.82) is 0 Å². The van der Waals surface area contributed by atoms with Crippen molar-refractivity contribution >= 4 is 11.1 Å². The minimum Gasteiger partial charge on any atom is -0.440 e. The largest absolute Gasteiger partial charge is 0.440 e. The summed E-state index contributed by atoms with van der Waals surface area (Å²) >= 11 is 0. The van der Waals surface area contributed by atoms with Gasteiger partial charge in [-0.1, -0.05) is 36.4 Å². The Morgan fingerprint density at radius 1 is 1.10 bits per heavy atom. The molecule has 0 radical (unpaired) electrons. The summed E-state index contributed by atoms with van der Waals surface area (Å²) in [5.41, 5.74) is 4.52. The summed E-state index contributed by atoms with van der Waals surface area (Å²) in [4.78, 5) is 7.00. The van der Waals surface area contributed by atoms with Gasteiger partial charge in [0.05, 0.1) is 5.92 Å². The molecule has 20 heavy (non-hydrogen) atoms. The van der Waals surface area contributed by atoms with E-state index in [1.807, 2.05) is 24.3 Å². The lowest BCUT2D eigenvalue weighted by molar-refractivity contribution is 0.279. The highest BCUT2D eigenvalue weighted by Gasteiger charge is 2.28. The van der Waals surface area contributed by atoms with Gasteiger partial charge in [-0.2, -0.15) is 0 Å². The lowest BCUT2D eigenvalue weighted by atomic mass is 9.90. The van der Waals surface area contributed by atoms with Crippen LogP contribution in [0.1, 0.15) is 22.9 Å². The van der Waals surface area contributed by atoms with Crippen LogP contribution < -0.4 is 0 Å². The number of benzene rings is 2. The van der Waals surface area contributed by atoms with E-state index in [9.17, 15) is 0 Å². The highest BCUT2D eigenvalue weighted by Crippen LogP contribution is 2.33. The fourth-order valence-corrected chi connectivity index (χ4v) is 3.03. The fourth-order valence-electron chi connectivity index (χ4n) is 3.03. The first-order valence-corrected chi connectivity index (χ1v) is 6.93. The summed E-state index contributed by atoms with van der Waals surface area (Å²) in [6.07, 6.45) is 0. The molecule has 3 aromatic rings. The zero-order valence-corrected chi connectivity index (χ0v) is 11.4. The predicted molar refractivity (Wildman–Crippen MR) is 78.6 cm³/mol. The SMILES string of the molecule is CN1Cc2ccccc2C(c2nc3ccccc3o2)C1. The van der Waals surface area contributed by atoms with Gasteiger partial charge in [0.25, 0.3) is 0 Å². The third-order valence-electron chi connectivity index (χ3n) is 3.97. The number of fused-ring (bicyclic) bond motifs is 2. The van der Waals surface area contributed by atoms with E-state index in [2.05, 4.69) is 41.2 Å². The molecule has 0 amide bonds. The minimum absolute atomic E-state index is 0.220. The van der Waals surface area contributed by atoms with Crippen molar-refractivity contribution in [2.45, 2.75) is 12.5 Å². The third kappa shape index (κ3) is 1.82. The standard InChI is InChI=1S/C17H16N2O/c1-19-10-12-6-2-3-7-13(12)14(11-19)17-18-15-8-4-5-9-16(15)20-17/h2-9,14H,10-11H2,1H3. The predicted octanol–water partition coefficient (Wildman–Crippen LogP) is 3.41. The lowest BCUT2D eigenvalue weighted by Gasteiger charge is -2.30. The number of hydrogen-bond donors (Lipinski definition) is 0. The van der Waals surface area contributed by atoms with Gasteiger partial charge in [0, 0.05) is 13.1 Å². The van der Waals surface area contributed by atoms with Crippen LogP contribution in [0.4, 0.5) is 0 Å². The number of para-hydroxylation sites is 2. The van der Waals surface area contributed by atoms with Gasteiger partial charge in [-0.15, -0.1) is 0 Å². The second-order valence-electron chi connectivity index (χ2n) is 5.47. The van der Waals surface area contributed by atoms with E-state index >= 15 is 0 Å². The van der Waals surface area contributed by atoms with Crippen molar-refractivity contribution < 1.29 is 4.42 Å². The fraction of sp³-hybridized carbons (Fsp3) is 0.235. The molecule has 0 saturated carbocycles. The van der Waals surface area contributed by atoms with E-state index < -0.39 is 0 Å². The topological polar surface area (TPSA) is 29.3 Å². The van der Waals surface area contributed by atoms with Crippen LogP contribution in [0.15, 0.2) is 52.9 Å². The molecular weight excluding hydrogens is 248 g/mol. The zero-order chi connectivity index (χ0) is 13.5. The molecule has 0 bridgehead atoms. The summed E-state index contributed by atoms with van der Waals surface area (Å²) in [5.74, 6) is 1.04. The highest BCUT2D eigenvalue weighted by atomic mass is 16.3. The van der Waals surface area contributed by atoms with Gasteiger partial charge in [-0.05, 0) is 30.3 Å². The third-order valence-corrected chi connectivity index (χ3v) is 3.97. The molecule has 0 N–H and O–H groups in total. The van der Waals surface area contributed by atoms with Crippen molar-refractivity contribution in [1.82, 2.24) is 9.88 Å². The molecule has 2 aromatic carbocycles. The Balaban J connectivity index is 1.85. The summed E-state index contributed by atoms with van der Waals surface area (Å²) in [6, 6.07) is 16.5. The average molecular weight is 264 g/mol. The second-order valence-corrected chi connectivity index (χ2v) is 5.47. The van der Waals surface area contributed by atoms with Crippen molar-refractivity contribution in [3.05, 3.63) is 65.5 Å². The molecule has 2 heterocycles. The number of likely N-dealkylation sites (N-methyl/N-ethyl adjacent to an activating group) is 1. The van der Waals surface area contributed by atoms with E-state index in [1.54, 1.807) is 0 Å². The first-order valence-electron chi connectivity index (χ1n) is 6.93. The van der Waals surface area contributed by atoms with Crippen LogP contribution in [-0.2, 0) is 6.54 Å². The molecule has 1 aromatic heterocycles. The number of nitrogens with zero attached hydrogens (tertiary/aromatic N) is 2. The monoisotopic (exact) mass is 264 g/mol. The van der Waals surface area contributed by atoms with E-state index in [4.69, 9.17) is 4.42 Å². The summed E-state index contributed by atoms with van der Waals surface area (Å²) in [6.45, 7) is 1.94. The van der Waals surface area contributed by atoms with Crippen LogP contribution >= 0.6 is 0 Å². The number of rotatable bonds is 1. The van der Waals surface area contributed by atoms with Crippen molar-refractivity contribution in [3.8, 4) is 0 Å². The smallest absolute Gasteiger partial charge is 0.204 e. The van der Waals surface area contributed by atoms with Gasteiger partial charge in [-0.3, -0.25) is 0 Å². The Labute approximate surface area is 117 Å². The Kier molecular flexibility index (Phi) is 2.60. The molecule has 1 atom stereocenters. The molecule has 0 saturated heterocycles. The van der Waals surface area contributed by atoms with Gasteiger partial charge in [-0.25, -0.2) is 4.98 Å². The van der Waals surface area contributed by atoms with Crippen LogP contribution in [0.3, 0.4) is 0 Å². The van der Waals surface area contributed by atoms with E-state index in [-0.39, 0.29) is 5.92 Å². The normalized spacial score (nSPS) is 19.1. The van der Waals surface area contributed by atoms with Crippen LogP contribution in [0.5, 0.6) is 0 Å². The molecule has 100 valence electrons. The zero-order valence-electron chi connectivity index (χ0n) is 11.4. The molecule has 1 aliphatic rings. The van der Waals surface area contributed by atoms with Gasteiger partial charge < -0.3 is 9.32 Å². The number of oxazole rings is 1. The van der Waals surface area contributed by atoms with E-state index in [1.165, 1.54) is 11.1 Å². The maximum absolute atomic E-state index is 5.97. The maximum atomic E-state index is 5.97. The van der Waals surface area contributed by atoms with E-state index in [0.29, 0.717) is 0 Å². The lowest BCUT2D eigenvalue weighted by Crippen LogP contribution is -2.31. The molecule has 1 aliphatic heterocycles. The van der Waals surface area contributed by atoms with Gasteiger partial charge in [0.15, 0.2) is 5.58 Å². The van der Waals surface area contributed by atoms with Gasteiger partial charge in [0.1, 0.15) is 5.52 Å². The van der Waals surface area contributed by atoms with Gasteiger partial charge >= 0.3 is 0 Å². The number of hydrogen-bond acceptors (Lipinski definition) is 3. The minimum atomic E-state index is 0.220. The molecule has 4 rings (SSSR count). The van der Waals surface area contributed by atoms with Crippen LogP contribution in [0, 0.1) is 0 Å². The summed E-state index contributed by atoms with van der Waals surface area (Å²) < 4.78 is 5.97. The second kappa shape index (κ2) is 4.46. The molecule has 3 heteroatoms. The van der Waals surface area contributed by atoms with E-state index in [0.717, 1.165) is 30.1 Å². The van der Waals surface area contributed by atoms with Gasteiger partial charge in [0.2, 0.25) is 5.89 Å². The van der Waals surface area contributed by atoms with Crippen LogP contribution in [0.25, 0.3) is 11.1 Å². The number of aromatic nitrogens is 1. The molecule has 0 fully saturated rings. The van der Waals surface area contributed by atoms with Crippen LogP contribution in [0.2, 0.25) is 0 Å². The maximum Gasteiger partial charge on any atom is 0.204 e. The van der Waals surface area contributed by atoms with Crippen molar-refractivity contribution in [2.75, 3.05) is 13.6 Å². The Morgan fingerprint density at radius 3 is 2.80 bits per heavy atom.